The van der Waals surface area contributed by atoms with Crippen LogP contribution in [0.25, 0.3) is 0 Å². The van der Waals surface area contributed by atoms with E-state index in [2.05, 4.69) is 0 Å². The van der Waals surface area contributed by atoms with Gasteiger partial charge in [-0.05, 0) is 31.5 Å². The predicted octanol–water partition coefficient (Wildman–Crippen LogP) is 4.11. The first-order valence-electron chi connectivity index (χ1n) is 6.47. The second-order valence-corrected chi connectivity index (χ2v) is 4.43. The van der Waals surface area contributed by atoms with Crippen molar-refractivity contribution in [1.82, 2.24) is 4.90 Å². The zero-order valence-corrected chi connectivity index (χ0v) is 11.4. The van der Waals surface area contributed by atoms with Crippen LogP contribution in [0.4, 0.5) is 17.6 Å². The van der Waals surface area contributed by atoms with E-state index in [4.69, 9.17) is 0 Å². The first-order chi connectivity index (χ1) is 9.31. The van der Waals surface area contributed by atoms with Gasteiger partial charge in [0.05, 0.1) is 11.1 Å². The fourth-order valence-corrected chi connectivity index (χ4v) is 1.79. The predicted molar refractivity (Wildman–Crippen MR) is 67.9 cm³/mol. The van der Waals surface area contributed by atoms with E-state index >= 15 is 0 Å². The summed E-state index contributed by atoms with van der Waals surface area (Å²) in [6.45, 7) is 4.37. The highest BCUT2D eigenvalue weighted by Crippen LogP contribution is 2.30. The van der Waals surface area contributed by atoms with E-state index in [-0.39, 0.29) is 0 Å². The lowest BCUT2D eigenvalue weighted by Crippen LogP contribution is -2.32. The summed E-state index contributed by atoms with van der Waals surface area (Å²) < 4.78 is 51.4. The molecule has 112 valence electrons. The smallest absolute Gasteiger partial charge is 0.339 e. The van der Waals surface area contributed by atoms with Gasteiger partial charge in [-0.1, -0.05) is 13.3 Å². The minimum Gasteiger partial charge on any atom is -0.339 e. The van der Waals surface area contributed by atoms with Crippen LogP contribution in [-0.2, 0) is 6.18 Å². The standard InChI is InChI=1S/C14H17F4NO/c1-3-5-8-19(4-2)13(20)11-9-10(14(16,17)18)6-7-12(11)15/h6-7,9H,3-5,8H2,1-2H3. The number of benzene rings is 1. The second kappa shape index (κ2) is 6.72. The van der Waals surface area contributed by atoms with E-state index < -0.39 is 29.0 Å². The molecular weight excluding hydrogens is 274 g/mol. The van der Waals surface area contributed by atoms with Gasteiger partial charge in [0.2, 0.25) is 0 Å². The Balaban J connectivity index is 3.07. The maximum atomic E-state index is 13.6. The molecule has 6 heteroatoms. The van der Waals surface area contributed by atoms with Gasteiger partial charge in [-0.3, -0.25) is 4.79 Å². The molecule has 1 amide bonds. The maximum Gasteiger partial charge on any atom is 0.416 e. The minimum absolute atomic E-state index is 0.328. The van der Waals surface area contributed by atoms with Gasteiger partial charge in [0.15, 0.2) is 0 Å². The molecule has 0 radical (unpaired) electrons. The molecule has 0 aliphatic rings. The van der Waals surface area contributed by atoms with Gasteiger partial charge in [0.1, 0.15) is 5.82 Å². The zero-order chi connectivity index (χ0) is 15.3. The van der Waals surface area contributed by atoms with Gasteiger partial charge < -0.3 is 4.90 Å². The van der Waals surface area contributed by atoms with Crippen LogP contribution >= 0.6 is 0 Å². The third kappa shape index (κ3) is 3.95. The van der Waals surface area contributed by atoms with Crippen LogP contribution in [0.2, 0.25) is 0 Å². The molecule has 0 fully saturated rings. The number of hydrogen-bond donors (Lipinski definition) is 0. The summed E-state index contributed by atoms with van der Waals surface area (Å²) in [6.07, 6.45) is -3.03. The fraction of sp³-hybridized carbons (Fsp3) is 0.500. The average Bonchev–Trinajstić information content (AvgIpc) is 2.38. The number of amides is 1. The molecule has 2 nitrogen and oxygen atoms in total. The second-order valence-electron chi connectivity index (χ2n) is 4.43. The van der Waals surface area contributed by atoms with Crippen molar-refractivity contribution in [3.63, 3.8) is 0 Å². The molecule has 0 atom stereocenters. The topological polar surface area (TPSA) is 20.3 Å². The molecule has 0 aliphatic heterocycles. The third-order valence-electron chi connectivity index (χ3n) is 2.97. The van der Waals surface area contributed by atoms with Crippen LogP contribution in [0.3, 0.4) is 0 Å². The van der Waals surface area contributed by atoms with Crippen molar-refractivity contribution < 1.29 is 22.4 Å². The molecule has 0 heterocycles. The Hall–Kier alpha value is -1.59. The average molecular weight is 291 g/mol. The van der Waals surface area contributed by atoms with Crippen molar-refractivity contribution in [1.29, 1.82) is 0 Å². The highest BCUT2D eigenvalue weighted by Gasteiger charge is 2.32. The van der Waals surface area contributed by atoms with Crippen molar-refractivity contribution in [3.8, 4) is 0 Å². The molecule has 0 aromatic heterocycles. The van der Waals surface area contributed by atoms with Crippen LogP contribution < -0.4 is 0 Å². The molecule has 20 heavy (non-hydrogen) atoms. The van der Waals surface area contributed by atoms with E-state index in [1.54, 1.807) is 6.92 Å². The Morgan fingerprint density at radius 2 is 1.90 bits per heavy atom. The van der Waals surface area contributed by atoms with E-state index in [1.165, 1.54) is 4.90 Å². The van der Waals surface area contributed by atoms with Gasteiger partial charge in [0.25, 0.3) is 5.91 Å². The van der Waals surface area contributed by atoms with Crippen molar-refractivity contribution in [2.45, 2.75) is 32.9 Å². The number of alkyl halides is 3. The summed E-state index contributed by atoms with van der Waals surface area (Å²) in [5.74, 6) is -1.64. The van der Waals surface area contributed by atoms with Crippen LogP contribution in [0.5, 0.6) is 0 Å². The molecule has 0 spiro atoms. The Morgan fingerprint density at radius 1 is 1.25 bits per heavy atom. The highest BCUT2D eigenvalue weighted by molar-refractivity contribution is 5.94. The lowest BCUT2D eigenvalue weighted by molar-refractivity contribution is -0.137. The molecule has 0 bridgehead atoms. The molecule has 1 aromatic rings. The molecule has 0 unspecified atom stereocenters. The van der Waals surface area contributed by atoms with E-state index in [9.17, 15) is 22.4 Å². The molecule has 0 saturated heterocycles. The van der Waals surface area contributed by atoms with Crippen molar-refractivity contribution in [3.05, 3.63) is 35.1 Å². The van der Waals surface area contributed by atoms with Gasteiger partial charge in [0, 0.05) is 13.1 Å². The van der Waals surface area contributed by atoms with Crippen LogP contribution in [0, 0.1) is 5.82 Å². The number of unbranched alkanes of at least 4 members (excludes halogenated alkanes) is 1. The van der Waals surface area contributed by atoms with E-state index in [0.29, 0.717) is 31.3 Å². The molecule has 0 aliphatic carbocycles. The zero-order valence-electron chi connectivity index (χ0n) is 11.4. The maximum absolute atomic E-state index is 13.6. The monoisotopic (exact) mass is 291 g/mol. The summed E-state index contributed by atoms with van der Waals surface area (Å²) in [5, 5.41) is 0. The summed E-state index contributed by atoms with van der Waals surface area (Å²) >= 11 is 0. The first kappa shape index (κ1) is 16.5. The lowest BCUT2D eigenvalue weighted by atomic mass is 10.1. The van der Waals surface area contributed by atoms with E-state index in [0.717, 1.165) is 12.8 Å². The molecule has 0 N–H and O–H groups in total. The SMILES string of the molecule is CCCCN(CC)C(=O)c1cc(C(F)(F)F)ccc1F. The third-order valence-corrected chi connectivity index (χ3v) is 2.97. The largest absolute Gasteiger partial charge is 0.416 e. The normalized spacial score (nSPS) is 11.5. The molecule has 0 saturated carbocycles. The quantitative estimate of drug-likeness (QED) is 0.748. The minimum atomic E-state index is -4.59. The Bertz CT molecular complexity index is 471. The summed E-state index contributed by atoms with van der Waals surface area (Å²) in [4.78, 5) is 13.4. The first-order valence-corrected chi connectivity index (χ1v) is 6.47. The number of carbonyl (C=O) groups is 1. The van der Waals surface area contributed by atoms with Crippen molar-refractivity contribution in [2.24, 2.45) is 0 Å². The number of rotatable bonds is 5. The van der Waals surface area contributed by atoms with Crippen molar-refractivity contribution >= 4 is 5.91 Å². The number of halogens is 4. The summed E-state index contributed by atoms with van der Waals surface area (Å²) in [5.41, 5.74) is -1.55. The van der Waals surface area contributed by atoms with Crippen LogP contribution in [0.1, 0.15) is 42.6 Å². The number of hydrogen-bond acceptors (Lipinski definition) is 1. The Morgan fingerprint density at radius 3 is 2.40 bits per heavy atom. The van der Waals surface area contributed by atoms with Gasteiger partial charge in [-0.25, -0.2) is 4.39 Å². The fourth-order valence-electron chi connectivity index (χ4n) is 1.79. The lowest BCUT2D eigenvalue weighted by Gasteiger charge is -2.21. The van der Waals surface area contributed by atoms with Crippen LogP contribution in [0.15, 0.2) is 18.2 Å². The van der Waals surface area contributed by atoms with Gasteiger partial charge in [-0.2, -0.15) is 13.2 Å². The Kier molecular flexibility index (Phi) is 5.53. The molecule has 1 aromatic carbocycles. The summed E-state index contributed by atoms with van der Waals surface area (Å²) in [6, 6.07) is 1.89. The highest BCUT2D eigenvalue weighted by atomic mass is 19.4. The number of carbonyl (C=O) groups excluding carboxylic acids is 1. The molecular formula is C14H17F4NO. The number of nitrogens with zero attached hydrogens (tertiary/aromatic N) is 1. The Labute approximate surface area is 115 Å². The van der Waals surface area contributed by atoms with Gasteiger partial charge in [-0.15, -0.1) is 0 Å². The van der Waals surface area contributed by atoms with E-state index in [1.807, 2.05) is 6.92 Å². The summed E-state index contributed by atoms with van der Waals surface area (Å²) in [7, 11) is 0. The van der Waals surface area contributed by atoms with Crippen molar-refractivity contribution in [2.75, 3.05) is 13.1 Å². The van der Waals surface area contributed by atoms with Gasteiger partial charge >= 0.3 is 6.18 Å². The van der Waals surface area contributed by atoms with Crippen LogP contribution in [-0.4, -0.2) is 23.9 Å². The molecule has 1 rings (SSSR count).